The number of hydrogen-bond acceptors (Lipinski definition) is 2. The second kappa shape index (κ2) is 10.9. The van der Waals surface area contributed by atoms with Gasteiger partial charge in [0.2, 0.25) is 6.34 Å². The molecule has 0 saturated carbocycles. The summed E-state index contributed by atoms with van der Waals surface area (Å²) in [4.78, 5) is 2.45. The Bertz CT molecular complexity index is 1640. The van der Waals surface area contributed by atoms with Crippen molar-refractivity contribution in [2.24, 2.45) is 0 Å². The normalized spacial score (nSPS) is 16.7. The Morgan fingerprint density at radius 3 is 1.82 bits per heavy atom. The van der Waals surface area contributed by atoms with Crippen LogP contribution in [0.25, 0.3) is 11.1 Å². The second-order valence-electron chi connectivity index (χ2n) is 10.9. The summed E-state index contributed by atoms with van der Waals surface area (Å²) in [5.74, 6) is 0.318. The fourth-order valence-corrected chi connectivity index (χ4v) is 6.27. The van der Waals surface area contributed by atoms with Crippen LogP contribution in [0, 0.1) is 20.8 Å². The lowest BCUT2D eigenvalue weighted by Crippen LogP contribution is -2.27. The highest BCUT2D eigenvalue weighted by Crippen LogP contribution is 2.45. The molecule has 0 aliphatic carbocycles. The molecule has 2 atom stereocenters. The molecule has 5 aromatic carbocycles. The van der Waals surface area contributed by atoms with Gasteiger partial charge < -0.3 is 5.11 Å². The van der Waals surface area contributed by atoms with Crippen molar-refractivity contribution in [2.45, 2.75) is 39.4 Å². The van der Waals surface area contributed by atoms with E-state index in [1.807, 2.05) is 24.3 Å². The summed E-state index contributed by atoms with van der Waals surface area (Å²) in [5.41, 5.74) is 10.6. The van der Waals surface area contributed by atoms with Gasteiger partial charge >= 0.3 is 0 Å². The molecule has 3 heteroatoms. The molecular weight excluding hydrogens is 488 g/mol. The van der Waals surface area contributed by atoms with Gasteiger partial charge in [-0.3, -0.25) is 4.58 Å². The number of benzene rings is 5. The number of hydrogen-bond donors (Lipinski definition) is 1. The van der Waals surface area contributed by atoms with Crippen LogP contribution < -0.4 is 4.90 Å². The Morgan fingerprint density at radius 2 is 1.23 bits per heavy atom. The van der Waals surface area contributed by atoms with E-state index < -0.39 is 0 Å². The first-order chi connectivity index (χ1) is 19.5. The molecule has 40 heavy (non-hydrogen) atoms. The summed E-state index contributed by atoms with van der Waals surface area (Å²) < 4.78 is 2.39. The van der Waals surface area contributed by atoms with Crippen LogP contribution in [0.15, 0.2) is 121 Å². The minimum atomic E-state index is 0.0527. The molecule has 1 aliphatic rings. The molecule has 6 rings (SSSR count). The van der Waals surface area contributed by atoms with E-state index >= 15 is 0 Å². The third kappa shape index (κ3) is 4.91. The number of phenolic OH excluding ortho intramolecular Hbond substituents is 1. The van der Waals surface area contributed by atoms with E-state index in [4.69, 9.17) is 0 Å². The number of nitrogens with zero attached hydrogens (tertiary/aromatic N) is 2. The van der Waals surface area contributed by atoms with Crippen molar-refractivity contribution in [1.29, 1.82) is 0 Å². The topological polar surface area (TPSA) is 26.5 Å². The average molecular weight is 524 g/mol. The number of aromatic hydroxyl groups is 1. The first-order valence-electron chi connectivity index (χ1n) is 13.9. The van der Waals surface area contributed by atoms with E-state index in [2.05, 4.69) is 134 Å². The van der Waals surface area contributed by atoms with Gasteiger partial charge in [-0.25, -0.2) is 4.90 Å². The molecule has 0 radical (unpaired) electrons. The van der Waals surface area contributed by atoms with Crippen molar-refractivity contribution in [3.05, 3.63) is 155 Å². The Kier molecular flexibility index (Phi) is 6.96. The van der Waals surface area contributed by atoms with Crippen molar-refractivity contribution in [1.82, 2.24) is 0 Å². The number of anilines is 1. The number of rotatable bonds is 6. The summed E-state index contributed by atoms with van der Waals surface area (Å²) >= 11 is 0. The van der Waals surface area contributed by atoms with Crippen molar-refractivity contribution in [3.8, 4) is 16.9 Å². The molecule has 0 saturated heterocycles. The first kappa shape index (κ1) is 25.6. The zero-order valence-corrected chi connectivity index (χ0v) is 23.3. The van der Waals surface area contributed by atoms with E-state index in [-0.39, 0.29) is 12.1 Å². The maximum absolute atomic E-state index is 11.2. The van der Waals surface area contributed by atoms with Crippen LogP contribution in [-0.4, -0.2) is 16.0 Å². The van der Waals surface area contributed by atoms with Gasteiger partial charge in [0, 0.05) is 16.7 Å². The van der Waals surface area contributed by atoms with Crippen LogP contribution in [0.3, 0.4) is 0 Å². The van der Waals surface area contributed by atoms with Gasteiger partial charge in [0.1, 0.15) is 18.0 Å². The average Bonchev–Trinajstić information content (AvgIpc) is 3.33. The van der Waals surface area contributed by atoms with Gasteiger partial charge in [0.25, 0.3) is 0 Å². The van der Waals surface area contributed by atoms with E-state index in [0.29, 0.717) is 12.3 Å². The third-order valence-electron chi connectivity index (χ3n) is 7.95. The van der Waals surface area contributed by atoms with E-state index in [0.717, 1.165) is 16.7 Å². The van der Waals surface area contributed by atoms with E-state index in [9.17, 15) is 5.11 Å². The van der Waals surface area contributed by atoms with Gasteiger partial charge in [-0.1, -0.05) is 121 Å². The Labute approximate surface area is 237 Å². The molecule has 3 nitrogen and oxygen atoms in total. The highest BCUT2D eigenvalue weighted by molar-refractivity contribution is 5.83. The summed E-state index contributed by atoms with van der Waals surface area (Å²) in [7, 11) is 0. The molecule has 0 aromatic heterocycles. The van der Waals surface area contributed by atoms with Crippen LogP contribution >= 0.6 is 0 Å². The zero-order chi connectivity index (χ0) is 27.6. The molecule has 0 amide bonds. The van der Waals surface area contributed by atoms with Crippen LogP contribution in [0.1, 0.15) is 45.5 Å². The van der Waals surface area contributed by atoms with Gasteiger partial charge in [-0.05, 0) is 49.1 Å². The molecule has 198 valence electrons. The minimum Gasteiger partial charge on any atom is -0.507 e. The van der Waals surface area contributed by atoms with E-state index in [1.165, 1.54) is 33.5 Å². The molecule has 5 aromatic rings. The van der Waals surface area contributed by atoms with E-state index in [1.54, 1.807) is 0 Å². The monoisotopic (exact) mass is 523 g/mol. The fraction of sp³-hybridized carbons (Fsp3) is 0.162. The third-order valence-corrected chi connectivity index (χ3v) is 7.95. The van der Waals surface area contributed by atoms with Gasteiger partial charge in [-0.2, -0.15) is 0 Å². The maximum Gasteiger partial charge on any atom is 0.240 e. The predicted molar refractivity (Wildman–Crippen MR) is 165 cm³/mol. The predicted octanol–water partition coefficient (Wildman–Crippen LogP) is 8.53. The molecule has 0 fully saturated rings. The Morgan fingerprint density at radius 1 is 0.650 bits per heavy atom. The largest absolute Gasteiger partial charge is 0.507 e. The van der Waals surface area contributed by atoms with Crippen LogP contribution in [-0.2, 0) is 6.54 Å². The summed E-state index contributed by atoms with van der Waals surface area (Å²) in [6, 6.07) is 42.5. The van der Waals surface area contributed by atoms with Crippen molar-refractivity contribution < 1.29 is 9.68 Å². The van der Waals surface area contributed by atoms with Gasteiger partial charge in [0.05, 0.1) is 0 Å². The molecular formula is C37H35N2O+. The standard InChI is InChI=1S/C37H34N2O/c1-26-21-27(2)35(28(3)22-26)39-25-38(24-33-20-19-32(23-34(33)40)29-13-7-4-8-14-29)36(30-15-9-5-10-16-30)37(39)31-17-11-6-12-18-31/h4-23,25,36-37H,24H2,1-3H3/p+1/t36-,37-/m1/s1. The Hall–Kier alpha value is -4.63. The molecule has 0 spiro atoms. The first-order valence-corrected chi connectivity index (χ1v) is 13.9. The van der Waals surface area contributed by atoms with Crippen molar-refractivity contribution >= 4 is 12.0 Å². The van der Waals surface area contributed by atoms with Gasteiger partial charge in [0.15, 0.2) is 12.1 Å². The SMILES string of the molecule is Cc1cc(C)c(N2C=[N+](Cc3ccc(-c4ccccc4)cc3O)[C@H](c3ccccc3)[C@H]2c2ccccc2)c(C)c1. The number of aryl methyl sites for hydroxylation is 3. The summed E-state index contributed by atoms with van der Waals surface area (Å²) in [6.45, 7) is 7.16. The smallest absolute Gasteiger partial charge is 0.240 e. The summed E-state index contributed by atoms with van der Waals surface area (Å²) in [6.07, 6.45) is 2.27. The quantitative estimate of drug-likeness (QED) is 0.226. The molecule has 1 heterocycles. The maximum atomic E-state index is 11.2. The van der Waals surface area contributed by atoms with Crippen molar-refractivity contribution in [3.63, 3.8) is 0 Å². The highest BCUT2D eigenvalue weighted by atomic mass is 16.3. The van der Waals surface area contributed by atoms with Crippen molar-refractivity contribution in [2.75, 3.05) is 4.90 Å². The number of phenols is 1. The summed E-state index contributed by atoms with van der Waals surface area (Å²) in [5, 5.41) is 11.2. The van der Waals surface area contributed by atoms with Crippen LogP contribution in [0.5, 0.6) is 5.75 Å². The highest BCUT2D eigenvalue weighted by Gasteiger charge is 2.46. The second-order valence-corrected chi connectivity index (χ2v) is 10.9. The van der Waals surface area contributed by atoms with Crippen LogP contribution in [0.2, 0.25) is 0 Å². The lowest BCUT2D eigenvalue weighted by molar-refractivity contribution is -0.578. The molecule has 1 aliphatic heterocycles. The molecule has 1 N–H and O–H groups in total. The minimum absolute atomic E-state index is 0.0527. The Balaban J connectivity index is 1.48. The molecule has 0 unspecified atom stereocenters. The fourth-order valence-electron chi connectivity index (χ4n) is 6.27. The zero-order valence-electron chi connectivity index (χ0n) is 23.3. The van der Waals surface area contributed by atoms with Crippen LogP contribution in [0.4, 0.5) is 5.69 Å². The molecule has 0 bridgehead atoms. The van der Waals surface area contributed by atoms with Gasteiger partial charge in [-0.15, -0.1) is 0 Å². The lowest BCUT2D eigenvalue weighted by Gasteiger charge is -2.26. The lowest BCUT2D eigenvalue weighted by atomic mass is 9.91.